The molecule has 0 atom stereocenters. The lowest BCUT2D eigenvalue weighted by Gasteiger charge is -2.23. The first-order valence-electron chi connectivity index (χ1n) is 5.24. The number of likely N-dealkylation sites (N-methyl/N-ethyl adjacent to an activating group) is 2. The molecule has 0 aliphatic rings. The maximum absolute atomic E-state index is 5.37. The fourth-order valence-electron chi connectivity index (χ4n) is 1.44. The second kappa shape index (κ2) is 6.11. The number of hydrogen-bond donors (Lipinski definition) is 0. The molecule has 0 amide bonds. The van der Waals surface area contributed by atoms with Crippen molar-refractivity contribution >= 4 is 21.6 Å². The summed E-state index contributed by atoms with van der Waals surface area (Å²) in [4.78, 5) is 4.37. The van der Waals surface area contributed by atoms with Gasteiger partial charge in [-0.1, -0.05) is 15.9 Å². The Hall–Kier alpha value is -0.740. The fraction of sp³-hybridized carbons (Fsp3) is 0.500. The lowest BCUT2D eigenvalue weighted by atomic mass is 10.2. The van der Waals surface area contributed by atoms with E-state index in [-0.39, 0.29) is 0 Å². The molecule has 0 radical (unpaired) electrons. The molecular formula is C12H19BrN2O. The van der Waals surface area contributed by atoms with Crippen LogP contribution in [-0.2, 0) is 0 Å². The molecule has 0 aliphatic heterocycles. The van der Waals surface area contributed by atoms with Crippen LogP contribution in [0.25, 0.3) is 0 Å². The van der Waals surface area contributed by atoms with Gasteiger partial charge in [-0.2, -0.15) is 0 Å². The van der Waals surface area contributed by atoms with E-state index in [1.807, 2.05) is 12.1 Å². The van der Waals surface area contributed by atoms with Gasteiger partial charge in [0, 0.05) is 24.6 Å². The Kier molecular flexibility index (Phi) is 5.09. The number of methoxy groups -OCH3 is 1. The molecule has 16 heavy (non-hydrogen) atoms. The Morgan fingerprint density at radius 3 is 2.44 bits per heavy atom. The van der Waals surface area contributed by atoms with Gasteiger partial charge in [0.1, 0.15) is 5.75 Å². The summed E-state index contributed by atoms with van der Waals surface area (Å²) < 4.78 is 6.41. The first-order chi connectivity index (χ1) is 7.54. The zero-order valence-corrected chi connectivity index (χ0v) is 11.9. The topological polar surface area (TPSA) is 15.7 Å². The number of anilines is 1. The van der Waals surface area contributed by atoms with E-state index >= 15 is 0 Å². The first-order valence-corrected chi connectivity index (χ1v) is 6.03. The number of rotatable bonds is 5. The molecule has 0 spiro atoms. The van der Waals surface area contributed by atoms with Crippen molar-refractivity contribution in [1.29, 1.82) is 0 Å². The van der Waals surface area contributed by atoms with Gasteiger partial charge in [-0.25, -0.2) is 0 Å². The van der Waals surface area contributed by atoms with Gasteiger partial charge in [-0.05, 0) is 32.3 Å². The van der Waals surface area contributed by atoms with Crippen LogP contribution in [0.15, 0.2) is 22.7 Å². The Morgan fingerprint density at radius 1 is 1.19 bits per heavy atom. The summed E-state index contributed by atoms with van der Waals surface area (Å²) in [5.41, 5.74) is 1.12. The van der Waals surface area contributed by atoms with Crippen LogP contribution in [0.2, 0.25) is 0 Å². The number of nitrogens with zero attached hydrogens (tertiary/aromatic N) is 2. The van der Waals surface area contributed by atoms with Crippen molar-refractivity contribution < 1.29 is 4.74 Å². The Balaban J connectivity index is 2.77. The summed E-state index contributed by atoms with van der Waals surface area (Å²) in [6.45, 7) is 2.00. The molecule has 0 fully saturated rings. The van der Waals surface area contributed by atoms with Gasteiger partial charge in [-0.15, -0.1) is 0 Å². The number of hydrogen-bond acceptors (Lipinski definition) is 3. The summed E-state index contributed by atoms with van der Waals surface area (Å²) in [5, 5.41) is 0. The van der Waals surface area contributed by atoms with E-state index in [9.17, 15) is 0 Å². The molecule has 0 heterocycles. The normalized spacial score (nSPS) is 10.6. The summed E-state index contributed by atoms with van der Waals surface area (Å²) in [6.07, 6.45) is 0. The van der Waals surface area contributed by atoms with Crippen LogP contribution < -0.4 is 9.64 Å². The standard InChI is InChI=1S/C12H19BrN2O/c1-14(2)7-8-15(3)11-6-5-10(13)9-12(11)16-4/h5-6,9H,7-8H2,1-4H3. The average Bonchev–Trinajstić information content (AvgIpc) is 2.25. The van der Waals surface area contributed by atoms with Crippen molar-refractivity contribution in [2.75, 3.05) is 46.2 Å². The zero-order chi connectivity index (χ0) is 12.1. The highest BCUT2D eigenvalue weighted by molar-refractivity contribution is 9.10. The van der Waals surface area contributed by atoms with Gasteiger partial charge >= 0.3 is 0 Å². The average molecular weight is 287 g/mol. The van der Waals surface area contributed by atoms with Gasteiger partial charge in [0.2, 0.25) is 0 Å². The molecule has 0 N–H and O–H groups in total. The monoisotopic (exact) mass is 286 g/mol. The van der Waals surface area contributed by atoms with E-state index in [0.717, 1.165) is 29.0 Å². The van der Waals surface area contributed by atoms with Crippen molar-refractivity contribution in [3.63, 3.8) is 0 Å². The largest absolute Gasteiger partial charge is 0.495 e. The van der Waals surface area contributed by atoms with Crippen molar-refractivity contribution in [2.24, 2.45) is 0 Å². The van der Waals surface area contributed by atoms with Gasteiger partial charge in [-0.3, -0.25) is 0 Å². The van der Waals surface area contributed by atoms with Gasteiger partial charge in [0.05, 0.1) is 12.8 Å². The van der Waals surface area contributed by atoms with E-state index in [1.165, 1.54) is 0 Å². The second-order valence-corrected chi connectivity index (χ2v) is 4.96. The minimum Gasteiger partial charge on any atom is -0.495 e. The lowest BCUT2D eigenvalue weighted by molar-refractivity contribution is 0.406. The second-order valence-electron chi connectivity index (χ2n) is 4.04. The number of halogens is 1. The Bertz CT molecular complexity index is 342. The van der Waals surface area contributed by atoms with Crippen molar-refractivity contribution in [3.05, 3.63) is 22.7 Å². The Labute approximate surface area is 106 Å². The highest BCUT2D eigenvalue weighted by Gasteiger charge is 2.08. The van der Waals surface area contributed by atoms with E-state index in [4.69, 9.17) is 4.74 Å². The van der Waals surface area contributed by atoms with Gasteiger partial charge < -0.3 is 14.5 Å². The number of ether oxygens (including phenoxy) is 1. The molecular weight excluding hydrogens is 268 g/mol. The predicted molar refractivity (Wildman–Crippen MR) is 72.5 cm³/mol. The molecule has 4 heteroatoms. The first kappa shape index (κ1) is 13.3. The number of benzene rings is 1. The van der Waals surface area contributed by atoms with Crippen LogP contribution in [0.5, 0.6) is 5.75 Å². The van der Waals surface area contributed by atoms with Crippen LogP contribution in [0.3, 0.4) is 0 Å². The summed E-state index contributed by atoms with van der Waals surface area (Å²) in [5.74, 6) is 0.899. The van der Waals surface area contributed by atoms with E-state index in [0.29, 0.717) is 0 Å². The molecule has 0 aliphatic carbocycles. The summed E-state index contributed by atoms with van der Waals surface area (Å²) in [6, 6.07) is 6.09. The van der Waals surface area contributed by atoms with Crippen LogP contribution in [-0.4, -0.2) is 46.2 Å². The third-order valence-electron chi connectivity index (χ3n) is 2.44. The molecule has 1 aromatic rings. The SMILES string of the molecule is COc1cc(Br)ccc1N(C)CCN(C)C. The minimum atomic E-state index is 0.899. The molecule has 0 aromatic heterocycles. The molecule has 0 saturated heterocycles. The maximum atomic E-state index is 5.37. The zero-order valence-electron chi connectivity index (χ0n) is 10.3. The predicted octanol–water partition coefficient (Wildman–Crippen LogP) is 2.46. The van der Waals surface area contributed by atoms with Crippen LogP contribution in [0.1, 0.15) is 0 Å². The minimum absolute atomic E-state index is 0.899. The molecule has 0 bridgehead atoms. The van der Waals surface area contributed by atoms with E-state index in [1.54, 1.807) is 7.11 Å². The molecule has 0 unspecified atom stereocenters. The molecule has 90 valence electrons. The fourth-order valence-corrected chi connectivity index (χ4v) is 1.78. The van der Waals surface area contributed by atoms with E-state index < -0.39 is 0 Å². The molecule has 1 rings (SSSR count). The molecule has 1 aromatic carbocycles. The summed E-state index contributed by atoms with van der Waals surface area (Å²) >= 11 is 3.44. The smallest absolute Gasteiger partial charge is 0.143 e. The van der Waals surface area contributed by atoms with Gasteiger partial charge in [0.15, 0.2) is 0 Å². The Morgan fingerprint density at radius 2 is 1.88 bits per heavy atom. The highest BCUT2D eigenvalue weighted by atomic mass is 79.9. The molecule has 3 nitrogen and oxygen atoms in total. The molecule has 0 saturated carbocycles. The third kappa shape index (κ3) is 3.68. The quantitative estimate of drug-likeness (QED) is 0.827. The third-order valence-corrected chi connectivity index (χ3v) is 2.93. The highest BCUT2D eigenvalue weighted by Crippen LogP contribution is 2.30. The van der Waals surface area contributed by atoms with Crippen LogP contribution in [0.4, 0.5) is 5.69 Å². The van der Waals surface area contributed by atoms with Crippen LogP contribution >= 0.6 is 15.9 Å². The van der Waals surface area contributed by atoms with Gasteiger partial charge in [0.25, 0.3) is 0 Å². The summed E-state index contributed by atoms with van der Waals surface area (Å²) in [7, 11) is 7.93. The van der Waals surface area contributed by atoms with Crippen molar-refractivity contribution in [2.45, 2.75) is 0 Å². The van der Waals surface area contributed by atoms with Crippen molar-refractivity contribution in [3.8, 4) is 5.75 Å². The lowest BCUT2D eigenvalue weighted by Crippen LogP contribution is -2.28. The van der Waals surface area contributed by atoms with E-state index in [2.05, 4.69) is 52.9 Å². The van der Waals surface area contributed by atoms with Crippen LogP contribution in [0, 0.1) is 0 Å². The maximum Gasteiger partial charge on any atom is 0.143 e. The van der Waals surface area contributed by atoms with Crippen molar-refractivity contribution in [1.82, 2.24) is 4.90 Å².